The number of carbonyl (C=O) groups excluding carboxylic acids is 2. The molecule has 1 fully saturated rings. The van der Waals surface area contributed by atoms with Crippen molar-refractivity contribution in [2.24, 2.45) is 0 Å². The van der Waals surface area contributed by atoms with Crippen molar-refractivity contribution >= 4 is 11.9 Å². The van der Waals surface area contributed by atoms with E-state index in [1.54, 1.807) is 16.4 Å². The topological polar surface area (TPSA) is 114 Å². The number of rotatable bonds is 2. The first-order valence-electron chi connectivity index (χ1n) is 11.2. The standard InChI is InChI=1S/C22H28N6O4/c1-13(2)24-21(31)27-8-5-22(11-27)6-9-28-18(29)15-10-26(7-4-16(15)25-20(22)28)19(30)17-14(3)23-12-32-17/h12-13H,4-11H2,1-3H3,(H,24,31). The van der Waals surface area contributed by atoms with Gasteiger partial charge in [-0.1, -0.05) is 0 Å². The number of carbonyl (C=O) groups is 2. The highest BCUT2D eigenvalue weighted by atomic mass is 16.3. The molecule has 0 aromatic carbocycles. The minimum absolute atomic E-state index is 0.0625. The van der Waals surface area contributed by atoms with Crippen LogP contribution in [0.15, 0.2) is 15.6 Å². The van der Waals surface area contributed by atoms with E-state index in [0.717, 1.165) is 24.4 Å². The highest BCUT2D eigenvalue weighted by molar-refractivity contribution is 5.92. The van der Waals surface area contributed by atoms with E-state index in [0.29, 0.717) is 43.9 Å². The van der Waals surface area contributed by atoms with E-state index in [9.17, 15) is 14.4 Å². The van der Waals surface area contributed by atoms with Crippen molar-refractivity contribution in [3.8, 4) is 0 Å². The molecule has 1 atom stereocenters. The first-order chi connectivity index (χ1) is 15.3. The van der Waals surface area contributed by atoms with Crippen LogP contribution >= 0.6 is 0 Å². The number of fused-ring (bicyclic) bond motifs is 3. The van der Waals surface area contributed by atoms with Crippen LogP contribution in [0, 0.1) is 6.92 Å². The molecule has 5 rings (SSSR count). The number of hydrogen-bond acceptors (Lipinski definition) is 6. The second kappa shape index (κ2) is 7.46. The molecule has 32 heavy (non-hydrogen) atoms. The Bertz CT molecular complexity index is 1150. The van der Waals surface area contributed by atoms with Crippen molar-refractivity contribution in [3.05, 3.63) is 45.3 Å². The Labute approximate surface area is 185 Å². The van der Waals surface area contributed by atoms with Gasteiger partial charge in [0.1, 0.15) is 5.82 Å². The molecule has 10 heteroatoms. The third kappa shape index (κ3) is 3.20. The number of amides is 3. The Morgan fingerprint density at radius 3 is 2.69 bits per heavy atom. The van der Waals surface area contributed by atoms with Gasteiger partial charge in [-0.05, 0) is 33.6 Å². The number of aryl methyl sites for hydroxylation is 1. The lowest BCUT2D eigenvalue weighted by Gasteiger charge is -2.29. The van der Waals surface area contributed by atoms with Crippen LogP contribution in [0.5, 0.6) is 0 Å². The third-order valence-electron chi connectivity index (χ3n) is 6.88. The Balaban J connectivity index is 1.41. The molecular formula is C22H28N6O4. The SMILES string of the molecule is Cc1ncoc1C(=O)N1CCc2nc3n(c(=O)c2C1)CCC31CCN(C(=O)NC(C)C)C1. The van der Waals surface area contributed by atoms with Gasteiger partial charge in [-0.25, -0.2) is 14.8 Å². The molecule has 3 aliphatic rings. The first-order valence-corrected chi connectivity index (χ1v) is 11.2. The molecule has 2 aromatic heterocycles. The molecule has 5 heterocycles. The molecule has 1 unspecified atom stereocenters. The maximum absolute atomic E-state index is 13.4. The summed E-state index contributed by atoms with van der Waals surface area (Å²) in [7, 11) is 0. The van der Waals surface area contributed by atoms with Gasteiger partial charge >= 0.3 is 6.03 Å². The molecule has 10 nitrogen and oxygen atoms in total. The minimum Gasteiger partial charge on any atom is -0.438 e. The number of nitrogens with one attached hydrogen (secondary N) is 1. The lowest BCUT2D eigenvalue weighted by Crippen LogP contribution is -2.44. The maximum atomic E-state index is 13.4. The Morgan fingerprint density at radius 2 is 1.97 bits per heavy atom. The minimum atomic E-state index is -0.271. The van der Waals surface area contributed by atoms with Crippen LogP contribution in [0.4, 0.5) is 4.79 Å². The number of oxazole rings is 1. The molecule has 1 spiro atoms. The number of urea groups is 1. The van der Waals surface area contributed by atoms with Crippen molar-refractivity contribution in [2.45, 2.75) is 64.6 Å². The van der Waals surface area contributed by atoms with Crippen LogP contribution in [0.25, 0.3) is 0 Å². The second-order valence-electron chi connectivity index (χ2n) is 9.37. The van der Waals surface area contributed by atoms with Gasteiger partial charge in [-0.15, -0.1) is 0 Å². The normalized spacial score (nSPS) is 21.9. The average molecular weight is 441 g/mol. The average Bonchev–Trinajstić information content (AvgIpc) is 3.47. The van der Waals surface area contributed by atoms with E-state index in [-0.39, 0.29) is 41.3 Å². The summed E-state index contributed by atoms with van der Waals surface area (Å²) in [5.74, 6) is 0.758. The Kier molecular flexibility index (Phi) is 4.83. The van der Waals surface area contributed by atoms with Gasteiger partial charge in [0.15, 0.2) is 6.39 Å². The van der Waals surface area contributed by atoms with E-state index in [4.69, 9.17) is 9.40 Å². The highest BCUT2D eigenvalue weighted by Gasteiger charge is 2.48. The van der Waals surface area contributed by atoms with Gasteiger partial charge in [0.2, 0.25) is 5.76 Å². The maximum Gasteiger partial charge on any atom is 0.317 e. The van der Waals surface area contributed by atoms with E-state index >= 15 is 0 Å². The molecule has 0 aliphatic carbocycles. The summed E-state index contributed by atoms with van der Waals surface area (Å²) >= 11 is 0. The molecule has 3 amide bonds. The second-order valence-corrected chi connectivity index (χ2v) is 9.37. The predicted molar refractivity (Wildman–Crippen MR) is 114 cm³/mol. The van der Waals surface area contributed by atoms with E-state index in [1.165, 1.54) is 6.39 Å². The molecule has 0 radical (unpaired) electrons. The third-order valence-corrected chi connectivity index (χ3v) is 6.88. The Morgan fingerprint density at radius 1 is 1.19 bits per heavy atom. The van der Waals surface area contributed by atoms with Gasteiger partial charge < -0.3 is 19.5 Å². The first kappa shape index (κ1) is 20.7. The number of nitrogens with zero attached hydrogens (tertiary/aromatic N) is 5. The van der Waals surface area contributed by atoms with Gasteiger partial charge in [-0.3, -0.25) is 14.2 Å². The zero-order chi connectivity index (χ0) is 22.6. The van der Waals surface area contributed by atoms with Gasteiger partial charge in [0, 0.05) is 44.1 Å². The van der Waals surface area contributed by atoms with Crippen LogP contribution < -0.4 is 10.9 Å². The summed E-state index contributed by atoms with van der Waals surface area (Å²) in [5, 5.41) is 2.96. The van der Waals surface area contributed by atoms with E-state index in [1.807, 2.05) is 18.7 Å². The van der Waals surface area contributed by atoms with Crippen molar-refractivity contribution in [2.75, 3.05) is 19.6 Å². The van der Waals surface area contributed by atoms with Gasteiger partial charge in [-0.2, -0.15) is 0 Å². The summed E-state index contributed by atoms with van der Waals surface area (Å²) in [5.41, 5.74) is 1.55. The van der Waals surface area contributed by atoms with Crippen molar-refractivity contribution in [3.63, 3.8) is 0 Å². The van der Waals surface area contributed by atoms with Crippen molar-refractivity contribution in [1.29, 1.82) is 0 Å². The Hall–Kier alpha value is -3.17. The molecule has 3 aliphatic heterocycles. The molecule has 170 valence electrons. The molecule has 1 saturated heterocycles. The van der Waals surface area contributed by atoms with Gasteiger partial charge in [0.05, 0.1) is 23.5 Å². The fraction of sp³-hybridized carbons (Fsp3) is 0.591. The summed E-state index contributed by atoms with van der Waals surface area (Å²) in [6, 6.07) is 0.0153. The highest BCUT2D eigenvalue weighted by Crippen LogP contribution is 2.41. The van der Waals surface area contributed by atoms with Crippen LogP contribution in [-0.4, -0.2) is 61.9 Å². The molecule has 0 saturated carbocycles. The largest absolute Gasteiger partial charge is 0.438 e. The monoisotopic (exact) mass is 440 g/mol. The quantitative estimate of drug-likeness (QED) is 0.751. The van der Waals surface area contributed by atoms with Gasteiger partial charge in [0.25, 0.3) is 11.5 Å². The van der Waals surface area contributed by atoms with Crippen LogP contribution in [0.3, 0.4) is 0 Å². The summed E-state index contributed by atoms with van der Waals surface area (Å²) < 4.78 is 7.01. The molecule has 0 bridgehead atoms. The fourth-order valence-electron chi connectivity index (χ4n) is 5.16. The van der Waals surface area contributed by atoms with Crippen LogP contribution in [0.2, 0.25) is 0 Å². The van der Waals surface area contributed by atoms with Crippen molar-refractivity contribution < 1.29 is 14.0 Å². The van der Waals surface area contributed by atoms with Crippen LogP contribution in [-0.2, 0) is 24.9 Å². The number of likely N-dealkylation sites (tertiary alicyclic amines) is 1. The lowest BCUT2D eigenvalue weighted by atomic mass is 9.85. The van der Waals surface area contributed by atoms with Crippen LogP contribution in [0.1, 0.15) is 60.0 Å². The summed E-state index contributed by atoms with van der Waals surface area (Å²) in [6.45, 7) is 8.12. The molecular weight excluding hydrogens is 412 g/mol. The zero-order valence-electron chi connectivity index (χ0n) is 18.7. The van der Waals surface area contributed by atoms with Crippen molar-refractivity contribution in [1.82, 2.24) is 29.7 Å². The number of hydrogen-bond donors (Lipinski definition) is 1. The summed E-state index contributed by atoms with van der Waals surface area (Å²) in [6.07, 6.45) is 3.38. The van der Waals surface area contributed by atoms with E-state index in [2.05, 4.69) is 10.3 Å². The molecule has 2 aromatic rings. The van der Waals surface area contributed by atoms with E-state index < -0.39 is 0 Å². The summed E-state index contributed by atoms with van der Waals surface area (Å²) in [4.78, 5) is 51.1. The number of aromatic nitrogens is 3. The smallest absolute Gasteiger partial charge is 0.317 e. The zero-order valence-corrected chi connectivity index (χ0v) is 18.7. The lowest BCUT2D eigenvalue weighted by molar-refractivity contribution is 0.0698. The fourth-order valence-corrected chi connectivity index (χ4v) is 5.16. The molecule has 1 N–H and O–H groups in total. The predicted octanol–water partition coefficient (Wildman–Crippen LogP) is 1.20.